The molecule has 6 heteroatoms. The van der Waals surface area contributed by atoms with Gasteiger partial charge in [0, 0.05) is 12.7 Å². The Bertz CT molecular complexity index is 671. The first-order valence-electron chi connectivity index (χ1n) is 6.92. The van der Waals surface area contributed by atoms with Gasteiger partial charge in [-0.05, 0) is 30.7 Å². The van der Waals surface area contributed by atoms with E-state index in [4.69, 9.17) is 11.6 Å². The third-order valence-electron chi connectivity index (χ3n) is 2.95. The van der Waals surface area contributed by atoms with Crippen LogP contribution >= 0.6 is 11.6 Å². The summed E-state index contributed by atoms with van der Waals surface area (Å²) in [6.07, 6.45) is 2.23. The predicted molar refractivity (Wildman–Crippen MR) is 86.3 cm³/mol. The Kier molecular flexibility index (Phi) is 5.49. The standard InChI is InChI=1S/C16H16ClN3O2/c1-2-9-18-16(22)12-5-3-4-6-13(12)20-15(21)11-7-8-14(17)19-10-11/h3-8,10H,2,9H2,1H3,(H,18,22)(H,20,21). The topological polar surface area (TPSA) is 71.1 Å². The number of anilines is 1. The molecule has 0 bridgehead atoms. The number of rotatable bonds is 5. The van der Waals surface area contributed by atoms with E-state index < -0.39 is 0 Å². The van der Waals surface area contributed by atoms with Gasteiger partial charge in [-0.2, -0.15) is 0 Å². The van der Waals surface area contributed by atoms with Crippen LogP contribution in [-0.2, 0) is 0 Å². The minimum Gasteiger partial charge on any atom is -0.352 e. The number of carbonyl (C=O) groups excluding carboxylic acids is 2. The van der Waals surface area contributed by atoms with Crippen molar-refractivity contribution in [1.29, 1.82) is 0 Å². The van der Waals surface area contributed by atoms with Crippen LogP contribution in [0.5, 0.6) is 0 Å². The maximum Gasteiger partial charge on any atom is 0.257 e. The molecule has 22 heavy (non-hydrogen) atoms. The highest BCUT2D eigenvalue weighted by Crippen LogP contribution is 2.16. The molecule has 1 aromatic heterocycles. The third-order valence-corrected chi connectivity index (χ3v) is 3.17. The van der Waals surface area contributed by atoms with E-state index >= 15 is 0 Å². The zero-order chi connectivity index (χ0) is 15.9. The highest BCUT2D eigenvalue weighted by atomic mass is 35.5. The van der Waals surface area contributed by atoms with Crippen LogP contribution in [0.4, 0.5) is 5.69 Å². The highest BCUT2D eigenvalue weighted by Gasteiger charge is 2.13. The first kappa shape index (κ1) is 16.0. The molecule has 1 aromatic carbocycles. The number of halogens is 1. The second-order valence-electron chi connectivity index (χ2n) is 4.63. The Morgan fingerprint density at radius 2 is 1.91 bits per heavy atom. The van der Waals surface area contributed by atoms with Crippen LogP contribution < -0.4 is 10.6 Å². The monoisotopic (exact) mass is 317 g/mol. The van der Waals surface area contributed by atoms with Crippen LogP contribution in [0.25, 0.3) is 0 Å². The fraction of sp³-hybridized carbons (Fsp3) is 0.188. The van der Waals surface area contributed by atoms with Gasteiger partial charge in [0.1, 0.15) is 5.15 Å². The molecule has 2 aromatic rings. The van der Waals surface area contributed by atoms with Gasteiger partial charge in [0.25, 0.3) is 11.8 Å². The van der Waals surface area contributed by atoms with Crippen molar-refractivity contribution in [3.8, 4) is 0 Å². The zero-order valence-corrected chi connectivity index (χ0v) is 12.9. The molecule has 2 N–H and O–H groups in total. The van der Waals surface area contributed by atoms with Crippen molar-refractivity contribution in [2.45, 2.75) is 13.3 Å². The molecular weight excluding hydrogens is 302 g/mol. The van der Waals surface area contributed by atoms with Crippen LogP contribution in [-0.4, -0.2) is 23.3 Å². The number of nitrogens with one attached hydrogen (secondary N) is 2. The zero-order valence-electron chi connectivity index (χ0n) is 12.1. The number of pyridine rings is 1. The van der Waals surface area contributed by atoms with E-state index in [-0.39, 0.29) is 11.8 Å². The second kappa shape index (κ2) is 7.56. The van der Waals surface area contributed by atoms with Crippen molar-refractivity contribution in [1.82, 2.24) is 10.3 Å². The highest BCUT2D eigenvalue weighted by molar-refractivity contribution is 6.29. The smallest absolute Gasteiger partial charge is 0.257 e. The Morgan fingerprint density at radius 1 is 1.14 bits per heavy atom. The van der Waals surface area contributed by atoms with Gasteiger partial charge in [-0.1, -0.05) is 30.7 Å². The minimum absolute atomic E-state index is 0.216. The molecule has 0 spiro atoms. The van der Waals surface area contributed by atoms with E-state index in [0.717, 1.165) is 6.42 Å². The first-order chi connectivity index (χ1) is 10.6. The van der Waals surface area contributed by atoms with Crippen LogP contribution in [0.1, 0.15) is 34.1 Å². The molecule has 114 valence electrons. The van der Waals surface area contributed by atoms with Gasteiger partial charge in [-0.15, -0.1) is 0 Å². The number of aromatic nitrogens is 1. The predicted octanol–water partition coefficient (Wildman–Crippen LogP) is 3.13. The molecule has 0 aliphatic rings. The van der Waals surface area contributed by atoms with Crippen LogP contribution in [0.3, 0.4) is 0 Å². The van der Waals surface area contributed by atoms with Crippen molar-refractivity contribution < 1.29 is 9.59 Å². The van der Waals surface area contributed by atoms with Gasteiger partial charge >= 0.3 is 0 Å². The number of hydrogen-bond donors (Lipinski definition) is 2. The van der Waals surface area contributed by atoms with Gasteiger partial charge in [0.05, 0.1) is 16.8 Å². The molecule has 0 saturated carbocycles. The van der Waals surface area contributed by atoms with Crippen molar-refractivity contribution in [2.75, 3.05) is 11.9 Å². The normalized spacial score (nSPS) is 10.1. The molecule has 1 heterocycles. The van der Waals surface area contributed by atoms with Crippen molar-refractivity contribution in [3.05, 3.63) is 58.9 Å². The Labute approximate surface area is 133 Å². The molecule has 2 amide bonds. The van der Waals surface area contributed by atoms with Crippen molar-refractivity contribution in [3.63, 3.8) is 0 Å². The summed E-state index contributed by atoms with van der Waals surface area (Å²) in [5.74, 6) is -0.563. The van der Waals surface area contributed by atoms with Gasteiger partial charge < -0.3 is 10.6 Å². The summed E-state index contributed by atoms with van der Waals surface area (Å²) in [4.78, 5) is 28.1. The number of carbonyl (C=O) groups is 2. The van der Waals surface area contributed by atoms with Crippen molar-refractivity contribution >= 4 is 29.1 Å². The average Bonchev–Trinajstić information content (AvgIpc) is 2.53. The maximum absolute atomic E-state index is 12.2. The number of amides is 2. The molecular formula is C16H16ClN3O2. The minimum atomic E-state index is -0.347. The molecule has 0 radical (unpaired) electrons. The van der Waals surface area contributed by atoms with E-state index in [1.807, 2.05) is 6.92 Å². The third kappa shape index (κ3) is 4.05. The summed E-state index contributed by atoms with van der Waals surface area (Å²) in [6.45, 7) is 2.56. The summed E-state index contributed by atoms with van der Waals surface area (Å²) in [5.41, 5.74) is 1.25. The molecule has 0 unspecified atom stereocenters. The summed E-state index contributed by atoms with van der Waals surface area (Å²) in [6, 6.07) is 9.97. The summed E-state index contributed by atoms with van der Waals surface area (Å²) >= 11 is 5.70. The van der Waals surface area contributed by atoms with Crippen molar-refractivity contribution in [2.24, 2.45) is 0 Å². The Morgan fingerprint density at radius 3 is 2.59 bits per heavy atom. The van der Waals surface area contributed by atoms with Crippen LogP contribution in [0.15, 0.2) is 42.6 Å². The molecule has 0 fully saturated rings. The van der Waals surface area contributed by atoms with E-state index in [1.54, 1.807) is 30.3 Å². The SMILES string of the molecule is CCCNC(=O)c1ccccc1NC(=O)c1ccc(Cl)nc1. The Hall–Kier alpha value is -2.40. The number of nitrogens with zero attached hydrogens (tertiary/aromatic N) is 1. The number of para-hydroxylation sites is 1. The number of hydrogen-bond acceptors (Lipinski definition) is 3. The van der Waals surface area contributed by atoms with E-state index in [1.165, 1.54) is 12.3 Å². The van der Waals surface area contributed by atoms with E-state index in [0.29, 0.717) is 28.5 Å². The summed E-state index contributed by atoms with van der Waals surface area (Å²) in [7, 11) is 0. The van der Waals surface area contributed by atoms with E-state index in [9.17, 15) is 9.59 Å². The van der Waals surface area contributed by atoms with Crippen LogP contribution in [0, 0.1) is 0 Å². The van der Waals surface area contributed by atoms with Gasteiger partial charge in [-0.3, -0.25) is 9.59 Å². The fourth-order valence-electron chi connectivity index (χ4n) is 1.83. The summed E-state index contributed by atoms with van der Waals surface area (Å²) in [5, 5.41) is 5.83. The molecule has 2 rings (SSSR count). The lowest BCUT2D eigenvalue weighted by Crippen LogP contribution is -2.25. The van der Waals surface area contributed by atoms with E-state index in [2.05, 4.69) is 15.6 Å². The van der Waals surface area contributed by atoms with Gasteiger partial charge in [-0.25, -0.2) is 4.98 Å². The maximum atomic E-state index is 12.2. The molecule has 0 saturated heterocycles. The lowest BCUT2D eigenvalue weighted by atomic mass is 10.1. The largest absolute Gasteiger partial charge is 0.352 e. The molecule has 0 atom stereocenters. The Balaban J connectivity index is 2.17. The van der Waals surface area contributed by atoms with Gasteiger partial charge in [0.2, 0.25) is 0 Å². The first-order valence-corrected chi connectivity index (χ1v) is 7.29. The second-order valence-corrected chi connectivity index (χ2v) is 5.01. The fourth-order valence-corrected chi connectivity index (χ4v) is 1.94. The lowest BCUT2D eigenvalue weighted by molar-refractivity contribution is 0.0954. The average molecular weight is 318 g/mol. The molecule has 0 aliphatic heterocycles. The molecule has 0 aliphatic carbocycles. The number of benzene rings is 1. The lowest BCUT2D eigenvalue weighted by Gasteiger charge is -2.11. The quantitative estimate of drug-likeness (QED) is 0.832. The molecule has 5 nitrogen and oxygen atoms in total. The van der Waals surface area contributed by atoms with Crippen LogP contribution in [0.2, 0.25) is 5.15 Å². The summed E-state index contributed by atoms with van der Waals surface area (Å²) < 4.78 is 0. The van der Waals surface area contributed by atoms with Gasteiger partial charge in [0.15, 0.2) is 0 Å².